The van der Waals surface area contributed by atoms with E-state index in [-0.39, 0.29) is 6.03 Å². The lowest BCUT2D eigenvalue weighted by Crippen LogP contribution is -2.33. The predicted molar refractivity (Wildman–Crippen MR) is 36.8 cm³/mol. The van der Waals surface area contributed by atoms with E-state index in [1.54, 1.807) is 13.5 Å². The van der Waals surface area contributed by atoms with Gasteiger partial charge in [-0.1, -0.05) is 6.92 Å². The standard InChI is InChI=1S/C6H13N2O/c1-3-5-8-6(9)7-4-2/h4H,3,5H2,1-2H3,(H2,7,8,9). The molecule has 0 spiro atoms. The fourth-order valence-electron chi connectivity index (χ4n) is 0.421. The zero-order chi connectivity index (χ0) is 7.11. The van der Waals surface area contributed by atoms with Crippen molar-refractivity contribution in [3.63, 3.8) is 0 Å². The number of urea groups is 1. The van der Waals surface area contributed by atoms with Crippen LogP contribution in [0.15, 0.2) is 0 Å². The lowest BCUT2D eigenvalue weighted by molar-refractivity contribution is 0.243. The van der Waals surface area contributed by atoms with Crippen LogP contribution in [0, 0.1) is 6.54 Å². The number of carbonyl (C=O) groups is 1. The Kier molecular flexibility index (Phi) is 4.97. The summed E-state index contributed by atoms with van der Waals surface area (Å²) < 4.78 is 0. The van der Waals surface area contributed by atoms with Crippen LogP contribution in [-0.2, 0) is 0 Å². The van der Waals surface area contributed by atoms with Crippen molar-refractivity contribution in [1.29, 1.82) is 0 Å². The van der Waals surface area contributed by atoms with Crippen LogP contribution < -0.4 is 10.6 Å². The van der Waals surface area contributed by atoms with Gasteiger partial charge in [0.15, 0.2) is 0 Å². The Balaban J connectivity index is 3.06. The molecule has 0 aromatic rings. The Morgan fingerprint density at radius 3 is 2.78 bits per heavy atom. The van der Waals surface area contributed by atoms with Gasteiger partial charge in [0.25, 0.3) is 0 Å². The second-order valence-corrected chi connectivity index (χ2v) is 1.69. The second-order valence-electron chi connectivity index (χ2n) is 1.69. The molecule has 0 heterocycles. The molecular weight excluding hydrogens is 116 g/mol. The summed E-state index contributed by atoms with van der Waals surface area (Å²) in [5.41, 5.74) is 0. The number of carbonyl (C=O) groups excluding carboxylic acids is 1. The third-order valence-corrected chi connectivity index (χ3v) is 0.811. The van der Waals surface area contributed by atoms with Crippen molar-refractivity contribution in [3.05, 3.63) is 6.54 Å². The summed E-state index contributed by atoms with van der Waals surface area (Å²) in [7, 11) is 0. The van der Waals surface area contributed by atoms with Gasteiger partial charge in [0.05, 0.1) is 0 Å². The van der Waals surface area contributed by atoms with Gasteiger partial charge in [0, 0.05) is 13.1 Å². The largest absolute Gasteiger partial charge is 0.338 e. The molecule has 0 saturated heterocycles. The molecule has 0 aliphatic rings. The van der Waals surface area contributed by atoms with Gasteiger partial charge in [0.2, 0.25) is 0 Å². The van der Waals surface area contributed by atoms with E-state index in [0.717, 1.165) is 13.0 Å². The van der Waals surface area contributed by atoms with Gasteiger partial charge in [-0.05, 0) is 13.3 Å². The Morgan fingerprint density at radius 1 is 1.67 bits per heavy atom. The fourth-order valence-corrected chi connectivity index (χ4v) is 0.421. The first-order valence-electron chi connectivity index (χ1n) is 3.13. The van der Waals surface area contributed by atoms with Gasteiger partial charge in [-0.25, -0.2) is 4.79 Å². The number of amides is 2. The van der Waals surface area contributed by atoms with Crippen LogP contribution in [0.4, 0.5) is 4.79 Å². The van der Waals surface area contributed by atoms with Gasteiger partial charge in [0.1, 0.15) is 0 Å². The van der Waals surface area contributed by atoms with Crippen LogP contribution in [0.3, 0.4) is 0 Å². The molecule has 0 aliphatic heterocycles. The molecular formula is C6H13N2O. The highest BCUT2D eigenvalue weighted by atomic mass is 16.2. The minimum absolute atomic E-state index is 0.126. The molecule has 0 saturated carbocycles. The van der Waals surface area contributed by atoms with Gasteiger partial charge in [-0.3, -0.25) is 0 Å². The highest BCUT2D eigenvalue weighted by molar-refractivity contribution is 5.74. The average molecular weight is 129 g/mol. The Morgan fingerprint density at radius 2 is 2.33 bits per heavy atom. The van der Waals surface area contributed by atoms with Crippen molar-refractivity contribution < 1.29 is 4.79 Å². The molecule has 0 unspecified atom stereocenters. The van der Waals surface area contributed by atoms with E-state index in [2.05, 4.69) is 10.6 Å². The summed E-state index contributed by atoms with van der Waals surface area (Å²) in [5.74, 6) is 0. The van der Waals surface area contributed by atoms with Crippen molar-refractivity contribution >= 4 is 6.03 Å². The Hall–Kier alpha value is -0.730. The van der Waals surface area contributed by atoms with E-state index in [1.165, 1.54) is 0 Å². The molecule has 0 bridgehead atoms. The van der Waals surface area contributed by atoms with Crippen molar-refractivity contribution in [3.8, 4) is 0 Å². The molecule has 2 N–H and O–H groups in total. The first kappa shape index (κ1) is 8.27. The van der Waals surface area contributed by atoms with Crippen LogP contribution >= 0.6 is 0 Å². The quantitative estimate of drug-likeness (QED) is 0.583. The minimum Gasteiger partial charge on any atom is -0.338 e. The van der Waals surface area contributed by atoms with Gasteiger partial charge in [-0.15, -0.1) is 0 Å². The van der Waals surface area contributed by atoms with Crippen LogP contribution in [0.5, 0.6) is 0 Å². The van der Waals surface area contributed by atoms with Gasteiger partial charge >= 0.3 is 6.03 Å². The highest BCUT2D eigenvalue weighted by Gasteiger charge is 1.92. The van der Waals surface area contributed by atoms with Crippen LogP contribution in [0.25, 0.3) is 0 Å². The van der Waals surface area contributed by atoms with Crippen molar-refractivity contribution in [2.45, 2.75) is 20.3 Å². The van der Waals surface area contributed by atoms with Crippen LogP contribution in [0.2, 0.25) is 0 Å². The molecule has 9 heavy (non-hydrogen) atoms. The Bertz CT molecular complexity index is 83.1. The molecule has 3 heteroatoms. The summed E-state index contributed by atoms with van der Waals surface area (Å²) in [6, 6.07) is -0.126. The first-order valence-corrected chi connectivity index (χ1v) is 3.13. The third-order valence-electron chi connectivity index (χ3n) is 0.811. The third kappa shape index (κ3) is 5.14. The highest BCUT2D eigenvalue weighted by Crippen LogP contribution is 1.71. The summed E-state index contributed by atoms with van der Waals surface area (Å²) in [6.07, 6.45) is 0.969. The maximum atomic E-state index is 10.5. The summed E-state index contributed by atoms with van der Waals surface area (Å²) in [5, 5.41) is 5.16. The molecule has 0 aromatic carbocycles. The zero-order valence-corrected chi connectivity index (χ0v) is 5.90. The number of nitrogens with one attached hydrogen (secondary N) is 2. The normalized spacial score (nSPS) is 8.67. The zero-order valence-electron chi connectivity index (χ0n) is 5.90. The smallest absolute Gasteiger partial charge is 0.315 e. The van der Waals surface area contributed by atoms with Crippen molar-refractivity contribution in [2.24, 2.45) is 0 Å². The lowest BCUT2D eigenvalue weighted by atomic mass is 10.5. The predicted octanol–water partition coefficient (Wildman–Crippen LogP) is 0.877. The molecule has 53 valence electrons. The first-order chi connectivity index (χ1) is 4.31. The monoisotopic (exact) mass is 129 g/mol. The minimum atomic E-state index is -0.126. The molecule has 1 radical (unpaired) electrons. The molecule has 0 aromatic heterocycles. The molecule has 0 fully saturated rings. The van der Waals surface area contributed by atoms with E-state index in [0.29, 0.717) is 0 Å². The lowest BCUT2D eigenvalue weighted by Gasteiger charge is -2.01. The maximum absolute atomic E-state index is 10.5. The molecule has 0 rings (SSSR count). The summed E-state index contributed by atoms with van der Waals surface area (Å²) >= 11 is 0. The fraction of sp³-hybridized carbons (Fsp3) is 0.667. The second kappa shape index (κ2) is 5.41. The van der Waals surface area contributed by atoms with E-state index in [1.807, 2.05) is 6.92 Å². The van der Waals surface area contributed by atoms with E-state index < -0.39 is 0 Å². The Labute approximate surface area is 55.8 Å². The van der Waals surface area contributed by atoms with Crippen LogP contribution in [-0.4, -0.2) is 12.6 Å². The number of hydrogen-bond acceptors (Lipinski definition) is 1. The van der Waals surface area contributed by atoms with E-state index in [9.17, 15) is 4.79 Å². The summed E-state index contributed by atoms with van der Waals surface area (Å²) in [6.45, 7) is 6.12. The van der Waals surface area contributed by atoms with Gasteiger partial charge in [-0.2, -0.15) is 0 Å². The number of rotatable bonds is 3. The molecule has 0 aliphatic carbocycles. The van der Waals surface area contributed by atoms with E-state index >= 15 is 0 Å². The topological polar surface area (TPSA) is 41.1 Å². The van der Waals surface area contributed by atoms with E-state index in [4.69, 9.17) is 0 Å². The van der Waals surface area contributed by atoms with Crippen LogP contribution in [0.1, 0.15) is 20.3 Å². The molecule has 3 nitrogen and oxygen atoms in total. The maximum Gasteiger partial charge on any atom is 0.315 e. The van der Waals surface area contributed by atoms with Crippen molar-refractivity contribution in [1.82, 2.24) is 10.6 Å². The molecule has 0 atom stereocenters. The number of hydrogen-bond donors (Lipinski definition) is 2. The SMILES string of the molecule is C[CH]NC(=O)NCCC. The van der Waals surface area contributed by atoms with Crippen molar-refractivity contribution in [2.75, 3.05) is 6.54 Å². The average Bonchev–Trinajstić information content (AvgIpc) is 1.85. The summed E-state index contributed by atoms with van der Waals surface area (Å²) in [4.78, 5) is 10.5. The molecule has 2 amide bonds. The van der Waals surface area contributed by atoms with Gasteiger partial charge < -0.3 is 10.6 Å².